The molecule has 0 unspecified atom stereocenters. The Labute approximate surface area is 207 Å². The van der Waals surface area contributed by atoms with Crippen LogP contribution in [0.15, 0.2) is 0 Å². The zero-order valence-electron chi connectivity index (χ0n) is 21.7. The highest BCUT2D eigenvalue weighted by molar-refractivity contribution is 4.91. The highest BCUT2D eigenvalue weighted by atomic mass is 16.7. The van der Waals surface area contributed by atoms with E-state index in [-0.39, 0.29) is 12.7 Å². The topological polar surface area (TPSA) is 124 Å². The van der Waals surface area contributed by atoms with Gasteiger partial charge in [0.05, 0.1) is 25.9 Å². The first-order chi connectivity index (χ1) is 16.5. The van der Waals surface area contributed by atoms with Gasteiger partial charge in [0.25, 0.3) is 0 Å². The zero-order chi connectivity index (χ0) is 25.0. The van der Waals surface area contributed by atoms with E-state index >= 15 is 0 Å². The molecule has 0 spiro atoms. The van der Waals surface area contributed by atoms with Crippen molar-refractivity contribution in [2.75, 3.05) is 33.5 Å². The quantitative estimate of drug-likeness (QED) is 0.170. The van der Waals surface area contributed by atoms with Gasteiger partial charge in [-0.3, -0.25) is 0 Å². The average Bonchev–Trinajstić information content (AvgIpc) is 2.85. The van der Waals surface area contributed by atoms with Crippen LogP contribution in [0.5, 0.6) is 0 Å². The van der Waals surface area contributed by atoms with Gasteiger partial charge in [0.2, 0.25) is 0 Å². The number of aliphatic hydroxyl groups excluding tert-OH is 3. The molecule has 0 aromatic rings. The predicted molar refractivity (Wildman–Crippen MR) is 134 cm³/mol. The fourth-order valence-corrected chi connectivity index (χ4v) is 4.25. The van der Waals surface area contributed by atoms with Crippen LogP contribution >= 0.6 is 0 Å². The van der Waals surface area contributed by atoms with Crippen molar-refractivity contribution in [3.63, 3.8) is 0 Å². The number of rotatable bonds is 22. The molecule has 5 N–H and O–H groups in total. The van der Waals surface area contributed by atoms with Gasteiger partial charge in [0.15, 0.2) is 6.29 Å². The molecule has 0 amide bonds. The van der Waals surface area contributed by atoms with Gasteiger partial charge in [0, 0.05) is 13.7 Å². The van der Waals surface area contributed by atoms with Crippen LogP contribution < -0.4 is 5.73 Å². The second-order valence-corrected chi connectivity index (χ2v) is 9.65. The highest BCUT2D eigenvalue weighted by Crippen LogP contribution is 2.21. The fourth-order valence-electron chi connectivity index (χ4n) is 4.25. The van der Waals surface area contributed by atoms with Crippen molar-refractivity contribution < 1.29 is 34.3 Å². The van der Waals surface area contributed by atoms with E-state index < -0.39 is 37.3 Å². The SMILES string of the molecule is CCCCCCCCCCCCCCCCOC[C@H](CO[C@H]1O[C@H](CO)[C@@H](O)[C@H](O)[C@H]1N)OC. The summed E-state index contributed by atoms with van der Waals surface area (Å²) in [6.07, 6.45) is 14.0. The minimum absolute atomic E-state index is 0.175. The molecular weight excluding hydrogens is 438 g/mol. The van der Waals surface area contributed by atoms with Crippen molar-refractivity contribution in [2.45, 2.75) is 134 Å². The Morgan fingerprint density at radius 3 is 1.82 bits per heavy atom. The number of hydrogen-bond acceptors (Lipinski definition) is 8. The van der Waals surface area contributed by atoms with Crippen LogP contribution in [0.3, 0.4) is 0 Å². The maximum atomic E-state index is 10.00. The first kappa shape index (κ1) is 31.7. The van der Waals surface area contributed by atoms with Crippen molar-refractivity contribution in [1.29, 1.82) is 0 Å². The summed E-state index contributed by atoms with van der Waals surface area (Å²) in [6.45, 7) is 3.10. The third-order valence-corrected chi connectivity index (χ3v) is 6.65. The monoisotopic (exact) mass is 491 g/mol. The van der Waals surface area contributed by atoms with E-state index in [1.807, 2.05) is 0 Å². The molecule has 1 aliphatic heterocycles. The van der Waals surface area contributed by atoms with Gasteiger partial charge in [-0.25, -0.2) is 0 Å². The van der Waals surface area contributed by atoms with E-state index in [2.05, 4.69) is 6.92 Å². The number of ether oxygens (including phenoxy) is 4. The molecule has 0 saturated carbocycles. The largest absolute Gasteiger partial charge is 0.394 e. The summed E-state index contributed by atoms with van der Waals surface area (Å²) >= 11 is 0. The maximum Gasteiger partial charge on any atom is 0.175 e. The maximum absolute atomic E-state index is 10.00. The Morgan fingerprint density at radius 2 is 1.32 bits per heavy atom. The first-order valence-electron chi connectivity index (χ1n) is 13.6. The van der Waals surface area contributed by atoms with Crippen LogP contribution in [0.25, 0.3) is 0 Å². The normalized spacial score (nSPS) is 26.1. The molecule has 34 heavy (non-hydrogen) atoms. The molecule has 0 bridgehead atoms. The third-order valence-electron chi connectivity index (χ3n) is 6.65. The van der Waals surface area contributed by atoms with E-state index in [0.29, 0.717) is 13.2 Å². The van der Waals surface area contributed by atoms with Crippen LogP contribution in [0.2, 0.25) is 0 Å². The minimum Gasteiger partial charge on any atom is -0.394 e. The summed E-state index contributed by atoms with van der Waals surface area (Å²) in [6, 6.07) is -0.910. The Hall–Kier alpha value is -0.320. The Morgan fingerprint density at radius 1 is 0.794 bits per heavy atom. The minimum atomic E-state index is -1.24. The molecule has 1 saturated heterocycles. The molecule has 6 atom stereocenters. The Balaban J connectivity index is 1.97. The van der Waals surface area contributed by atoms with E-state index in [4.69, 9.17) is 24.7 Å². The van der Waals surface area contributed by atoms with Crippen molar-refractivity contribution in [2.24, 2.45) is 5.73 Å². The van der Waals surface area contributed by atoms with Crippen molar-refractivity contribution in [3.05, 3.63) is 0 Å². The predicted octanol–water partition coefficient (Wildman–Crippen LogP) is 3.28. The number of methoxy groups -OCH3 is 1. The first-order valence-corrected chi connectivity index (χ1v) is 13.6. The van der Waals surface area contributed by atoms with Crippen LogP contribution in [-0.4, -0.2) is 85.6 Å². The second-order valence-electron chi connectivity index (χ2n) is 9.65. The second kappa shape index (κ2) is 20.8. The number of hydrogen-bond donors (Lipinski definition) is 4. The average molecular weight is 492 g/mol. The molecule has 8 nitrogen and oxygen atoms in total. The molecule has 1 aliphatic rings. The molecular formula is C26H53NO7. The van der Waals surface area contributed by atoms with Gasteiger partial charge in [-0.2, -0.15) is 0 Å². The van der Waals surface area contributed by atoms with Crippen LogP contribution in [-0.2, 0) is 18.9 Å². The molecule has 0 aromatic heterocycles. The number of unbranched alkanes of at least 4 members (excludes halogenated alkanes) is 13. The summed E-state index contributed by atoms with van der Waals surface area (Å²) in [5.74, 6) is 0. The standard InChI is InChI=1S/C26H53NO7/c1-3-4-5-6-7-8-9-10-11-12-13-14-15-16-17-32-19-21(31-2)20-33-26-23(27)25(30)24(29)22(18-28)34-26/h21-26,28-30H,3-20,27H2,1-2H3/t21-,22-,23-,24-,25-,26+/m1/s1. The van der Waals surface area contributed by atoms with E-state index in [1.54, 1.807) is 7.11 Å². The van der Waals surface area contributed by atoms with E-state index in [0.717, 1.165) is 6.42 Å². The zero-order valence-corrected chi connectivity index (χ0v) is 21.7. The van der Waals surface area contributed by atoms with E-state index in [9.17, 15) is 15.3 Å². The summed E-state index contributed by atoms with van der Waals surface area (Å²) in [7, 11) is 1.58. The number of aliphatic hydroxyl groups is 3. The summed E-state index contributed by atoms with van der Waals surface area (Å²) in [5.41, 5.74) is 5.88. The molecule has 204 valence electrons. The molecule has 0 radical (unpaired) electrons. The molecule has 8 heteroatoms. The smallest absolute Gasteiger partial charge is 0.175 e. The molecule has 0 aliphatic carbocycles. The van der Waals surface area contributed by atoms with Crippen LogP contribution in [0.1, 0.15) is 96.8 Å². The van der Waals surface area contributed by atoms with Gasteiger partial charge in [0.1, 0.15) is 24.4 Å². The lowest BCUT2D eigenvalue weighted by Gasteiger charge is -2.40. The Kier molecular flexibility index (Phi) is 19.4. The van der Waals surface area contributed by atoms with Gasteiger partial charge < -0.3 is 40.0 Å². The lowest BCUT2D eigenvalue weighted by Crippen LogP contribution is -2.62. The lowest BCUT2D eigenvalue weighted by molar-refractivity contribution is -0.271. The van der Waals surface area contributed by atoms with Gasteiger partial charge in [-0.05, 0) is 6.42 Å². The summed E-state index contributed by atoms with van der Waals surface area (Å²) < 4.78 is 22.2. The fraction of sp³-hybridized carbons (Fsp3) is 1.00. The Bertz CT molecular complexity index is 455. The van der Waals surface area contributed by atoms with E-state index in [1.165, 1.54) is 83.5 Å². The van der Waals surface area contributed by atoms with Gasteiger partial charge >= 0.3 is 0 Å². The molecule has 1 rings (SSSR count). The summed E-state index contributed by atoms with van der Waals surface area (Å²) in [5, 5.41) is 29.1. The van der Waals surface area contributed by atoms with Gasteiger partial charge in [-0.15, -0.1) is 0 Å². The number of nitrogens with two attached hydrogens (primary N) is 1. The molecule has 1 fully saturated rings. The molecule has 0 aromatic carbocycles. The van der Waals surface area contributed by atoms with Gasteiger partial charge in [-0.1, -0.05) is 90.4 Å². The van der Waals surface area contributed by atoms with Crippen molar-refractivity contribution in [1.82, 2.24) is 0 Å². The van der Waals surface area contributed by atoms with Crippen LogP contribution in [0, 0.1) is 0 Å². The van der Waals surface area contributed by atoms with Crippen LogP contribution in [0.4, 0.5) is 0 Å². The summed E-state index contributed by atoms with van der Waals surface area (Å²) in [4.78, 5) is 0. The van der Waals surface area contributed by atoms with Crippen molar-refractivity contribution >= 4 is 0 Å². The molecule has 1 heterocycles. The lowest BCUT2D eigenvalue weighted by atomic mass is 9.98. The van der Waals surface area contributed by atoms with Crippen molar-refractivity contribution in [3.8, 4) is 0 Å². The highest BCUT2D eigenvalue weighted by Gasteiger charge is 2.43. The third kappa shape index (κ3) is 13.7.